The van der Waals surface area contributed by atoms with Gasteiger partial charge in [0.05, 0.1) is 10.6 Å². The lowest BCUT2D eigenvalue weighted by molar-refractivity contribution is 0.0686. The summed E-state index contributed by atoms with van der Waals surface area (Å²) in [6.07, 6.45) is 1.32. The summed E-state index contributed by atoms with van der Waals surface area (Å²) in [6, 6.07) is 3.25. The molecule has 0 saturated heterocycles. The van der Waals surface area contributed by atoms with Gasteiger partial charge in [-0.2, -0.15) is 0 Å². The van der Waals surface area contributed by atoms with Gasteiger partial charge in [0.2, 0.25) is 0 Å². The third kappa shape index (κ3) is 3.69. The van der Waals surface area contributed by atoms with E-state index in [9.17, 15) is 23.5 Å². The predicted molar refractivity (Wildman–Crippen MR) is 110 cm³/mol. The maximum absolute atomic E-state index is 14.0. The molecule has 1 aliphatic carbocycles. The van der Waals surface area contributed by atoms with Gasteiger partial charge in [0.25, 0.3) is 0 Å². The molecule has 0 heterocycles. The standard InChI is InChI=1S/C23H23ClF2O4/c1-22(2)5-6-23(3,4)18-13(22)10-12(20(28)19(18)24)16(27)9-11-7-14(25)17(21(29)30)15(26)8-11/h7-8,10,28H,5-6,9H2,1-4H3,(H,29,30). The fourth-order valence-corrected chi connectivity index (χ4v) is 4.60. The van der Waals surface area contributed by atoms with Gasteiger partial charge in [-0.3, -0.25) is 4.79 Å². The highest BCUT2D eigenvalue weighted by atomic mass is 35.5. The van der Waals surface area contributed by atoms with Crippen molar-refractivity contribution in [3.05, 3.63) is 62.7 Å². The predicted octanol–water partition coefficient (Wildman–Crippen LogP) is 5.80. The Hall–Kier alpha value is -2.47. The van der Waals surface area contributed by atoms with Gasteiger partial charge >= 0.3 is 5.97 Å². The van der Waals surface area contributed by atoms with Crippen LogP contribution in [0.4, 0.5) is 8.78 Å². The Morgan fingerprint density at radius 2 is 1.57 bits per heavy atom. The largest absolute Gasteiger partial charge is 0.506 e. The molecule has 0 spiro atoms. The Kier molecular flexibility index (Phi) is 5.44. The van der Waals surface area contributed by atoms with E-state index in [1.165, 1.54) is 0 Å². The zero-order valence-electron chi connectivity index (χ0n) is 17.2. The van der Waals surface area contributed by atoms with Gasteiger partial charge in [0.1, 0.15) is 22.9 Å². The molecule has 0 fully saturated rings. The van der Waals surface area contributed by atoms with Crippen molar-refractivity contribution in [2.45, 2.75) is 57.8 Å². The third-order valence-electron chi connectivity index (χ3n) is 6.00. The van der Waals surface area contributed by atoms with Crippen LogP contribution in [0.5, 0.6) is 5.75 Å². The summed E-state index contributed by atoms with van der Waals surface area (Å²) in [5, 5.41) is 19.6. The lowest BCUT2D eigenvalue weighted by Crippen LogP contribution is -2.34. The second-order valence-corrected chi connectivity index (χ2v) is 9.49. The van der Waals surface area contributed by atoms with E-state index in [4.69, 9.17) is 16.7 Å². The van der Waals surface area contributed by atoms with Crippen LogP contribution in [-0.4, -0.2) is 22.0 Å². The van der Waals surface area contributed by atoms with E-state index in [0.717, 1.165) is 36.1 Å². The van der Waals surface area contributed by atoms with Crippen molar-refractivity contribution in [2.24, 2.45) is 0 Å². The minimum atomic E-state index is -1.73. The van der Waals surface area contributed by atoms with Crippen LogP contribution in [0.3, 0.4) is 0 Å². The molecule has 0 atom stereocenters. The van der Waals surface area contributed by atoms with E-state index in [1.807, 2.05) is 27.7 Å². The molecule has 0 bridgehead atoms. The lowest BCUT2D eigenvalue weighted by atomic mass is 9.62. The molecular weight excluding hydrogens is 414 g/mol. The Balaban J connectivity index is 2.06. The van der Waals surface area contributed by atoms with E-state index >= 15 is 0 Å². The van der Waals surface area contributed by atoms with Crippen LogP contribution in [0, 0.1) is 11.6 Å². The van der Waals surface area contributed by atoms with Crippen LogP contribution in [-0.2, 0) is 17.3 Å². The Labute approximate surface area is 178 Å². The first-order chi connectivity index (χ1) is 13.8. The zero-order chi connectivity index (χ0) is 22.6. The highest BCUT2D eigenvalue weighted by Gasteiger charge is 2.40. The second-order valence-electron chi connectivity index (χ2n) is 9.12. The molecule has 7 heteroatoms. The van der Waals surface area contributed by atoms with Crippen molar-refractivity contribution in [1.29, 1.82) is 0 Å². The lowest BCUT2D eigenvalue weighted by Gasteiger charge is -2.42. The number of aromatic hydroxyl groups is 1. The van der Waals surface area contributed by atoms with Crippen molar-refractivity contribution < 1.29 is 28.6 Å². The number of halogens is 3. The number of phenols is 1. The number of phenolic OH excluding ortho intramolecular Hbond substituents is 1. The van der Waals surface area contributed by atoms with Gasteiger partial charge in [-0.05, 0) is 58.6 Å². The van der Waals surface area contributed by atoms with Crippen molar-refractivity contribution in [2.75, 3.05) is 0 Å². The fourth-order valence-electron chi connectivity index (χ4n) is 4.14. The van der Waals surface area contributed by atoms with Crippen LogP contribution >= 0.6 is 11.6 Å². The molecule has 0 unspecified atom stereocenters. The zero-order valence-corrected chi connectivity index (χ0v) is 18.0. The number of hydrogen-bond donors (Lipinski definition) is 2. The Morgan fingerprint density at radius 1 is 1.03 bits per heavy atom. The van der Waals surface area contributed by atoms with E-state index in [-0.39, 0.29) is 32.7 Å². The van der Waals surface area contributed by atoms with Crippen molar-refractivity contribution >= 4 is 23.4 Å². The topological polar surface area (TPSA) is 74.6 Å². The maximum atomic E-state index is 14.0. The SMILES string of the molecule is CC1(C)CCC(C)(C)c2c1cc(C(=O)Cc1cc(F)c(C(=O)O)c(F)c1)c(O)c2Cl. The summed E-state index contributed by atoms with van der Waals surface area (Å²) in [7, 11) is 0. The van der Waals surface area contributed by atoms with Gasteiger partial charge in [0.15, 0.2) is 5.78 Å². The molecule has 0 aromatic heterocycles. The normalized spacial score (nSPS) is 16.8. The molecule has 0 aliphatic heterocycles. The monoisotopic (exact) mass is 436 g/mol. The summed E-state index contributed by atoms with van der Waals surface area (Å²) in [4.78, 5) is 23.8. The maximum Gasteiger partial charge on any atom is 0.341 e. The molecule has 0 saturated carbocycles. The van der Waals surface area contributed by atoms with Crippen molar-refractivity contribution in [1.82, 2.24) is 0 Å². The fraction of sp³-hybridized carbons (Fsp3) is 0.391. The van der Waals surface area contributed by atoms with Gasteiger partial charge in [-0.15, -0.1) is 0 Å². The number of Topliss-reactive ketones (excluding diaryl/α,β-unsaturated/α-hetero) is 1. The molecule has 160 valence electrons. The Bertz CT molecular complexity index is 1050. The van der Waals surface area contributed by atoms with Crippen LogP contribution in [0.25, 0.3) is 0 Å². The number of carboxylic acid groups (broad SMARTS) is 1. The highest BCUT2D eigenvalue weighted by Crippen LogP contribution is 2.51. The quantitative estimate of drug-likeness (QED) is 0.594. The molecule has 0 radical (unpaired) electrons. The number of carboxylic acids is 1. The number of ketones is 1. The summed E-state index contributed by atoms with van der Waals surface area (Å²) >= 11 is 6.49. The van der Waals surface area contributed by atoms with Gasteiger partial charge in [-0.1, -0.05) is 39.3 Å². The van der Waals surface area contributed by atoms with Crippen molar-refractivity contribution in [3.8, 4) is 5.75 Å². The first kappa shape index (κ1) is 22.2. The summed E-state index contributed by atoms with van der Waals surface area (Å²) in [5.41, 5.74) is -0.00502. The average Bonchev–Trinajstić information content (AvgIpc) is 2.60. The van der Waals surface area contributed by atoms with Gasteiger partial charge < -0.3 is 10.2 Å². The minimum absolute atomic E-state index is 0.0207. The number of hydrogen-bond acceptors (Lipinski definition) is 3. The van der Waals surface area contributed by atoms with Crippen LogP contribution < -0.4 is 0 Å². The molecule has 2 aromatic carbocycles. The van der Waals surface area contributed by atoms with Crippen LogP contribution in [0.2, 0.25) is 5.02 Å². The molecule has 1 aliphatic rings. The van der Waals surface area contributed by atoms with E-state index in [0.29, 0.717) is 0 Å². The van der Waals surface area contributed by atoms with E-state index < -0.39 is 35.4 Å². The third-order valence-corrected chi connectivity index (χ3v) is 6.37. The van der Waals surface area contributed by atoms with Gasteiger partial charge in [0, 0.05) is 6.42 Å². The molecule has 0 amide bonds. The number of aromatic carboxylic acids is 1. The number of carbonyl (C=O) groups is 2. The summed E-state index contributed by atoms with van der Waals surface area (Å²) in [6.45, 7) is 8.14. The van der Waals surface area contributed by atoms with Crippen LogP contribution in [0.1, 0.15) is 77.9 Å². The minimum Gasteiger partial charge on any atom is -0.506 e. The van der Waals surface area contributed by atoms with Crippen molar-refractivity contribution in [3.63, 3.8) is 0 Å². The molecule has 30 heavy (non-hydrogen) atoms. The van der Waals surface area contributed by atoms with Gasteiger partial charge in [-0.25, -0.2) is 13.6 Å². The van der Waals surface area contributed by atoms with E-state index in [1.54, 1.807) is 6.07 Å². The molecule has 2 aromatic rings. The average molecular weight is 437 g/mol. The summed E-state index contributed by atoms with van der Waals surface area (Å²) < 4.78 is 27.9. The number of benzene rings is 2. The van der Waals surface area contributed by atoms with E-state index in [2.05, 4.69) is 0 Å². The summed E-state index contributed by atoms with van der Waals surface area (Å²) in [5.74, 6) is -5.18. The smallest absolute Gasteiger partial charge is 0.341 e. The highest BCUT2D eigenvalue weighted by molar-refractivity contribution is 6.33. The molecule has 4 nitrogen and oxygen atoms in total. The Morgan fingerprint density at radius 3 is 2.10 bits per heavy atom. The first-order valence-corrected chi connectivity index (χ1v) is 9.95. The second kappa shape index (κ2) is 7.34. The molecular formula is C23H23ClF2O4. The molecule has 3 rings (SSSR count). The van der Waals surface area contributed by atoms with Crippen LogP contribution in [0.15, 0.2) is 18.2 Å². The number of carbonyl (C=O) groups excluding carboxylic acids is 1. The first-order valence-electron chi connectivity index (χ1n) is 9.57. The number of rotatable bonds is 4. The molecule has 2 N–H and O–H groups in total. The number of fused-ring (bicyclic) bond motifs is 1.